The highest BCUT2D eigenvalue weighted by Gasteiger charge is 2.35. The monoisotopic (exact) mass is 578 g/mol. The second-order valence-electron chi connectivity index (χ2n) is 10.7. The summed E-state index contributed by atoms with van der Waals surface area (Å²) < 4.78 is 43.4. The number of imidazole rings is 1. The number of nitrogens with zero attached hydrogens (tertiary/aromatic N) is 4. The predicted molar refractivity (Wildman–Crippen MR) is 148 cm³/mol. The Morgan fingerprint density at radius 3 is 2.55 bits per heavy atom. The molecule has 8 nitrogen and oxygen atoms in total. The van der Waals surface area contributed by atoms with E-state index in [0.29, 0.717) is 18.9 Å². The van der Waals surface area contributed by atoms with Crippen LogP contribution in [0.2, 0.25) is 5.02 Å². The lowest BCUT2D eigenvalue weighted by Crippen LogP contribution is -2.40. The van der Waals surface area contributed by atoms with Gasteiger partial charge >= 0.3 is 12.3 Å². The van der Waals surface area contributed by atoms with Gasteiger partial charge in [0.2, 0.25) is 0 Å². The van der Waals surface area contributed by atoms with E-state index >= 15 is 0 Å². The normalized spacial score (nSPS) is 18.6. The van der Waals surface area contributed by atoms with Crippen LogP contribution in [0.4, 0.5) is 23.7 Å². The van der Waals surface area contributed by atoms with Crippen LogP contribution in [0.15, 0.2) is 36.4 Å². The third-order valence-corrected chi connectivity index (χ3v) is 8.05. The van der Waals surface area contributed by atoms with Crippen molar-refractivity contribution in [2.24, 2.45) is 0 Å². The molecule has 2 saturated heterocycles. The number of hydrogen-bond acceptors (Lipinski definition) is 6. The van der Waals surface area contributed by atoms with E-state index < -0.39 is 29.6 Å². The van der Waals surface area contributed by atoms with E-state index in [4.69, 9.17) is 27.2 Å². The zero-order chi connectivity index (χ0) is 28.4. The van der Waals surface area contributed by atoms with Gasteiger partial charge in [0.05, 0.1) is 33.3 Å². The first kappa shape index (κ1) is 28.5. The third-order valence-electron chi connectivity index (χ3n) is 7.74. The molecule has 12 heteroatoms. The maximum Gasteiger partial charge on any atom is 0.426 e. The van der Waals surface area contributed by atoms with Crippen LogP contribution in [0.5, 0.6) is 0 Å². The van der Waals surface area contributed by atoms with E-state index in [2.05, 4.69) is 21.8 Å². The zero-order valence-corrected chi connectivity index (χ0v) is 23.1. The Morgan fingerprint density at radius 1 is 1.15 bits per heavy atom. The maximum absolute atomic E-state index is 13.8. The van der Waals surface area contributed by atoms with Crippen molar-refractivity contribution in [1.29, 1.82) is 0 Å². The summed E-state index contributed by atoms with van der Waals surface area (Å²) in [6.45, 7) is 3.06. The fraction of sp³-hybridized carbons (Fsp3) is 0.500. The van der Waals surface area contributed by atoms with Gasteiger partial charge in [0.25, 0.3) is 0 Å². The van der Waals surface area contributed by atoms with Crippen LogP contribution in [-0.4, -0.2) is 58.8 Å². The topological polar surface area (TPSA) is 88.6 Å². The van der Waals surface area contributed by atoms with Crippen LogP contribution in [0.3, 0.4) is 0 Å². The Bertz CT molecular complexity index is 1350. The first-order chi connectivity index (χ1) is 19.1. The highest BCUT2D eigenvalue weighted by molar-refractivity contribution is 6.33. The number of alkyl halides is 3. The molecular formula is C28H34ClF3N6O2. The fourth-order valence-corrected chi connectivity index (χ4v) is 5.90. The van der Waals surface area contributed by atoms with E-state index in [1.807, 2.05) is 24.3 Å². The Hall–Kier alpha value is -3.02. The Morgan fingerprint density at radius 2 is 1.85 bits per heavy atom. The number of amides is 1. The molecule has 1 amide bonds. The number of nitrogens with two attached hydrogens (primary N) is 1. The lowest BCUT2D eigenvalue weighted by atomic mass is 10.00. The van der Waals surface area contributed by atoms with Gasteiger partial charge in [0.1, 0.15) is 5.82 Å². The summed E-state index contributed by atoms with van der Waals surface area (Å²) in [5.74, 6) is 0.563. The number of rotatable bonds is 6. The smallest absolute Gasteiger partial charge is 0.397 e. The van der Waals surface area contributed by atoms with Crippen molar-refractivity contribution in [2.75, 3.05) is 39.0 Å². The molecule has 5 rings (SSSR count). The van der Waals surface area contributed by atoms with E-state index in [9.17, 15) is 18.0 Å². The van der Waals surface area contributed by atoms with Crippen molar-refractivity contribution in [3.8, 4) is 0 Å². The van der Waals surface area contributed by atoms with E-state index in [1.165, 1.54) is 6.07 Å². The molecular weight excluding hydrogens is 545 g/mol. The molecule has 1 unspecified atom stereocenters. The molecule has 0 saturated carbocycles. The molecule has 1 atom stereocenters. The van der Waals surface area contributed by atoms with Crippen molar-refractivity contribution in [3.63, 3.8) is 0 Å². The van der Waals surface area contributed by atoms with Gasteiger partial charge in [-0.3, -0.25) is 0 Å². The molecule has 0 bridgehead atoms. The van der Waals surface area contributed by atoms with Crippen LogP contribution >= 0.6 is 11.6 Å². The van der Waals surface area contributed by atoms with Gasteiger partial charge in [-0.05, 0) is 75.6 Å². The van der Waals surface area contributed by atoms with E-state index in [1.54, 1.807) is 5.06 Å². The number of hydrogen-bond donors (Lipinski definition) is 2. The van der Waals surface area contributed by atoms with Crippen LogP contribution in [0.1, 0.15) is 61.1 Å². The molecule has 40 heavy (non-hydrogen) atoms. The van der Waals surface area contributed by atoms with E-state index in [-0.39, 0.29) is 23.0 Å². The van der Waals surface area contributed by atoms with Crippen molar-refractivity contribution < 1.29 is 22.8 Å². The Kier molecular flexibility index (Phi) is 8.44. The summed E-state index contributed by atoms with van der Waals surface area (Å²) in [6.07, 6.45) is -0.674. The van der Waals surface area contributed by atoms with E-state index in [0.717, 1.165) is 62.3 Å². The first-order valence-electron chi connectivity index (χ1n) is 13.6. The molecule has 2 aliphatic heterocycles. The molecule has 1 aromatic heterocycles. The van der Waals surface area contributed by atoms with Crippen LogP contribution in [-0.2, 0) is 17.4 Å². The maximum atomic E-state index is 13.8. The molecule has 2 fully saturated rings. The number of likely N-dealkylation sites (tertiary alicyclic amines) is 1. The number of para-hydroxylation sites is 2. The van der Waals surface area contributed by atoms with Gasteiger partial charge < -0.3 is 25.4 Å². The van der Waals surface area contributed by atoms with Gasteiger partial charge in [-0.25, -0.2) is 9.78 Å². The van der Waals surface area contributed by atoms with Gasteiger partial charge in [-0.1, -0.05) is 30.2 Å². The lowest BCUT2D eigenvalue weighted by molar-refractivity contribution is -0.137. The number of nitrogens with one attached hydrogen (secondary N) is 1. The quantitative estimate of drug-likeness (QED) is 0.351. The number of aromatic nitrogens is 2. The number of piperidine rings is 2. The van der Waals surface area contributed by atoms with Crippen molar-refractivity contribution in [3.05, 3.63) is 58.4 Å². The summed E-state index contributed by atoms with van der Waals surface area (Å²) in [6, 6.07) is 9.44. The molecule has 0 aliphatic carbocycles. The SMILES string of the molecule is CN1CCC(n2c(C(Cc3cc(Cl)c(N)c(C(F)(F)F)c3)NC(=O)ON3CCCCC3)nc3ccccc32)CC1. The Labute approximate surface area is 236 Å². The number of halogens is 4. The molecule has 2 aliphatic rings. The predicted octanol–water partition coefficient (Wildman–Crippen LogP) is 5.97. The summed E-state index contributed by atoms with van der Waals surface area (Å²) in [4.78, 5) is 25.9. The Balaban J connectivity index is 1.54. The van der Waals surface area contributed by atoms with Crippen LogP contribution < -0.4 is 11.1 Å². The minimum atomic E-state index is -4.68. The average Bonchev–Trinajstić information content (AvgIpc) is 3.30. The highest BCUT2D eigenvalue weighted by atomic mass is 35.5. The molecule has 3 N–H and O–H groups in total. The number of nitrogen functional groups attached to an aromatic ring is 1. The highest BCUT2D eigenvalue weighted by Crippen LogP contribution is 2.39. The van der Waals surface area contributed by atoms with Gasteiger partial charge in [0.15, 0.2) is 0 Å². The summed E-state index contributed by atoms with van der Waals surface area (Å²) >= 11 is 6.15. The molecule has 0 spiro atoms. The average molecular weight is 579 g/mol. The van der Waals surface area contributed by atoms with Gasteiger partial charge in [-0.2, -0.15) is 13.2 Å². The fourth-order valence-electron chi connectivity index (χ4n) is 5.66. The standard InChI is InChI=1S/C28H34ClF3N6O2/c1-36-13-9-19(10-14-36)38-24-8-4-3-7-22(24)34-26(38)23(35-27(39)40-37-11-5-2-6-12-37)17-18-15-20(28(30,31)32)25(33)21(29)16-18/h3-4,7-8,15-16,19,23H,2,5-6,9-14,17,33H2,1H3,(H,35,39). The van der Waals surface area contributed by atoms with Gasteiger partial charge in [-0.15, -0.1) is 5.06 Å². The number of anilines is 1. The second-order valence-corrected chi connectivity index (χ2v) is 11.1. The number of carbonyl (C=O) groups is 1. The molecule has 3 heterocycles. The van der Waals surface area contributed by atoms with Crippen molar-refractivity contribution in [2.45, 2.75) is 56.8 Å². The molecule has 3 aromatic rings. The number of hydroxylamine groups is 2. The summed E-state index contributed by atoms with van der Waals surface area (Å²) in [5, 5.41) is 4.35. The second kappa shape index (κ2) is 11.8. The number of fused-ring (bicyclic) bond motifs is 1. The minimum absolute atomic E-state index is 0.00806. The molecule has 216 valence electrons. The summed E-state index contributed by atoms with van der Waals surface area (Å²) in [5.41, 5.74) is 6.09. The van der Waals surface area contributed by atoms with Crippen molar-refractivity contribution in [1.82, 2.24) is 24.8 Å². The zero-order valence-electron chi connectivity index (χ0n) is 22.4. The largest absolute Gasteiger partial charge is 0.426 e. The van der Waals surface area contributed by atoms with Crippen LogP contribution in [0, 0.1) is 0 Å². The third kappa shape index (κ3) is 6.31. The van der Waals surface area contributed by atoms with Crippen molar-refractivity contribution >= 4 is 34.4 Å². The van der Waals surface area contributed by atoms with Gasteiger partial charge in [0, 0.05) is 25.6 Å². The molecule has 0 radical (unpaired) electrons. The number of carbonyl (C=O) groups excluding carboxylic acids is 1. The van der Waals surface area contributed by atoms with Crippen LogP contribution in [0.25, 0.3) is 11.0 Å². The number of benzene rings is 2. The molecule has 2 aromatic carbocycles. The minimum Gasteiger partial charge on any atom is -0.397 e. The summed E-state index contributed by atoms with van der Waals surface area (Å²) in [7, 11) is 2.08. The first-order valence-corrected chi connectivity index (χ1v) is 14.0. The lowest BCUT2D eigenvalue weighted by Gasteiger charge is -2.32.